The zero-order chi connectivity index (χ0) is 55.5. The molecule has 2 aromatic carbocycles. The summed E-state index contributed by atoms with van der Waals surface area (Å²) in [5, 5.41) is 24.8. The Morgan fingerprint density at radius 1 is 0.671 bits per heavy atom. The van der Waals surface area contributed by atoms with Crippen molar-refractivity contribution >= 4 is 75.9 Å². The van der Waals surface area contributed by atoms with Crippen LogP contribution in [0.15, 0.2) is 65.8 Å². The minimum atomic E-state index is -1.56. The molecule has 2 heterocycles. The van der Waals surface area contributed by atoms with Crippen LogP contribution in [-0.4, -0.2) is 132 Å². The molecule has 0 spiro atoms. The zero-order valence-corrected chi connectivity index (χ0v) is 43.5. The third kappa shape index (κ3) is 17.8. The summed E-state index contributed by atoms with van der Waals surface area (Å²) in [6.45, 7) is 5.62. The number of primary amides is 1. The van der Waals surface area contributed by atoms with Crippen molar-refractivity contribution in [3.63, 3.8) is 0 Å². The number of nitrogens with one attached hydrogen (secondary N) is 10. The molecule has 16 N–H and O–H groups in total. The highest BCUT2D eigenvalue weighted by Gasteiger charge is 2.38. The van der Waals surface area contributed by atoms with E-state index in [0.717, 1.165) is 23.7 Å². The topological polar surface area (TPSA) is 385 Å². The molecule has 1 saturated carbocycles. The van der Waals surface area contributed by atoms with Crippen LogP contribution in [0.2, 0.25) is 0 Å². The van der Waals surface area contributed by atoms with E-state index in [1.54, 1.807) is 70.3 Å². The highest BCUT2D eigenvalue weighted by Crippen LogP contribution is 2.28. The number of H-pyrrole nitrogens is 1. The molecular weight excluding hydrogens is 981 g/mol. The van der Waals surface area contributed by atoms with Gasteiger partial charge in [0.25, 0.3) is 0 Å². The maximum absolute atomic E-state index is 14.8. The molecular formula is C52H74N14O10. The van der Waals surface area contributed by atoms with Crippen LogP contribution in [-0.2, 0) is 60.8 Å². The average molecular weight is 1060 g/mol. The van der Waals surface area contributed by atoms with Gasteiger partial charge in [0.05, 0.1) is 13.1 Å². The van der Waals surface area contributed by atoms with Gasteiger partial charge in [-0.2, -0.15) is 0 Å². The Kier molecular flexibility index (Phi) is 22.1. The Bertz CT molecular complexity index is 2580. The molecule has 1 saturated heterocycles. The first-order chi connectivity index (χ1) is 36.2. The summed E-state index contributed by atoms with van der Waals surface area (Å²) in [4.78, 5) is 146. The van der Waals surface area contributed by atoms with Crippen LogP contribution in [0.4, 0.5) is 0 Å². The summed E-state index contributed by atoms with van der Waals surface area (Å²) in [6.07, 6.45) is 3.63. The number of carbonyl (C=O) groups excluding carboxylic acids is 10. The van der Waals surface area contributed by atoms with Gasteiger partial charge in [0.2, 0.25) is 59.1 Å². The fraction of sp³-hybridized carbons (Fsp3) is 0.519. The predicted molar refractivity (Wildman–Crippen MR) is 282 cm³/mol. The Balaban J connectivity index is 1.54. The number of rotatable bonds is 18. The van der Waals surface area contributed by atoms with Crippen LogP contribution in [0.3, 0.4) is 0 Å². The van der Waals surface area contributed by atoms with Gasteiger partial charge in [-0.3, -0.25) is 52.9 Å². The second-order valence-corrected chi connectivity index (χ2v) is 20.0. The first-order valence-corrected chi connectivity index (χ1v) is 25.8. The Hall–Kier alpha value is -8.05. The SMILES string of the molecule is CC(C)[C@H](NC(=O)[C@@H]1CCC(=O)NCC(=O)N[C@@H](C2CCCC2)C(=O)N[C@H](Cc2ccccc2)C(=O)N[C@@H](CCCN=C(N)N)C(=O)N[C@@H](Cc2c[nH]c3ccccc23)C(=O)N1)C(=O)N[C@H](C(=O)NCC(N)=O)C(C)C. The van der Waals surface area contributed by atoms with Crippen molar-refractivity contribution in [2.45, 2.75) is 134 Å². The first kappa shape index (κ1) is 58.8. The number of aliphatic imine (C=N–C) groups is 1. The summed E-state index contributed by atoms with van der Waals surface area (Å²) in [5.74, 6) is -9.26. The molecule has 412 valence electrons. The third-order valence-corrected chi connectivity index (χ3v) is 13.4. The van der Waals surface area contributed by atoms with Crippen molar-refractivity contribution in [1.82, 2.24) is 52.8 Å². The number of amides is 10. The van der Waals surface area contributed by atoms with Crippen LogP contribution in [0.1, 0.15) is 90.2 Å². The van der Waals surface area contributed by atoms with Crippen LogP contribution in [0.5, 0.6) is 0 Å². The normalized spacial score (nSPS) is 21.4. The van der Waals surface area contributed by atoms with Crippen molar-refractivity contribution < 1.29 is 47.9 Å². The number of nitrogens with two attached hydrogens (primary N) is 3. The van der Waals surface area contributed by atoms with E-state index in [4.69, 9.17) is 17.2 Å². The molecule has 1 aromatic heterocycles. The molecule has 0 radical (unpaired) electrons. The Morgan fingerprint density at radius 2 is 1.28 bits per heavy atom. The molecule has 0 bridgehead atoms. The molecule has 0 unspecified atom stereocenters. The van der Waals surface area contributed by atoms with Crippen LogP contribution in [0, 0.1) is 17.8 Å². The summed E-state index contributed by atoms with van der Waals surface area (Å²) < 4.78 is 0. The van der Waals surface area contributed by atoms with Crippen molar-refractivity contribution in [3.05, 3.63) is 71.9 Å². The number of nitrogens with zero attached hydrogens (tertiary/aromatic N) is 1. The van der Waals surface area contributed by atoms with E-state index in [2.05, 4.69) is 57.8 Å². The van der Waals surface area contributed by atoms with Crippen LogP contribution < -0.4 is 65.1 Å². The largest absolute Gasteiger partial charge is 0.370 e. The van der Waals surface area contributed by atoms with Gasteiger partial charge in [0, 0.05) is 42.9 Å². The number of guanidine groups is 1. The number of aromatic nitrogens is 1. The summed E-state index contributed by atoms with van der Waals surface area (Å²) in [6, 6.07) is 6.92. The van der Waals surface area contributed by atoms with Crippen molar-refractivity contribution in [3.8, 4) is 0 Å². The molecule has 24 heteroatoms. The van der Waals surface area contributed by atoms with E-state index in [-0.39, 0.29) is 50.5 Å². The van der Waals surface area contributed by atoms with E-state index in [9.17, 15) is 47.9 Å². The van der Waals surface area contributed by atoms with Gasteiger partial charge in [-0.05, 0) is 67.1 Å². The van der Waals surface area contributed by atoms with Gasteiger partial charge in [0.15, 0.2) is 5.96 Å². The first-order valence-electron chi connectivity index (χ1n) is 25.8. The van der Waals surface area contributed by atoms with Gasteiger partial charge < -0.3 is 70.0 Å². The summed E-state index contributed by atoms with van der Waals surface area (Å²) in [5.41, 5.74) is 18.4. The fourth-order valence-electron chi connectivity index (χ4n) is 9.21. The molecule has 24 nitrogen and oxygen atoms in total. The third-order valence-electron chi connectivity index (χ3n) is 13.4. The zero-order valence-electron chi connectivity index (χ0n) is 43.5. The van der Waals surface area contributed by atoms with Crippen molar-refractivity contribution in [2.24, 2.45) is 39.9 Å². The minimum Gasteiger partial charge on any atom is -0.370 e. The molecule has 2 fully saturated rings. The van der Waals surface area contributed by atoms with Gasteiger partial charge in [0.1, 0.15) is 42.3 Å². The lowest BCUT2D eigenvalue weighted by Gasteiger charge is -2.30. The molecule has 5 rings (SSSR count). The molecule has 7 atom stereocenters. The number of fused-ring (bicyclic) bond motifs is 1. The quantitative estimate of drug-likeness (QED) is 0.0390. The minimum absolute atomic E-state index is 0.0128. The van der Waals surface area contributed by atoms with E-state index >= 15 is 0 Å². The Labute approximate surface area is 441 Å². The maximum Gasteiger partial charge on any atom is 0.243 e. The standard InChI is InChI=1S/C52H74N14O10/c1-28(2)42(49(74)59-26-39(53)67)66-50(75)43(29(3)4)65-46(71)36-20-21-40(68)58-27-41(69)64-44(31-15-8-9-16-31)51(76)63-37(23-30-13-6-5-7-14-30)47(72)60-35(19-12-22-56-52(54)55)45(70)62-38(48(73)61-36)24-32-25-57-34-18-11-10-17-33(32)34/h5-7,10-11,13-14,17-18,25,28-29,31,35-38,42-44,57H,8-9,12,15-16,19-24,26-27H2,1-4H3,(H2,53,67)(H,58,68)(H,59,74)(H,60,72)(H,61,73)(H,62,70)(H,63,76)(H,64,69)(H,65,71)(H,66,75)(H4,54,55,56)/t35-,36-,37+,38-,42-,43-,44-/m0/s1. The number of hydrogen-bond acceptors (Lipinski definition) is 11. The molecule has 2 aliphatic rings. The second-order valence-electron chi connectivity index (χ2n) is 20.0. The van der Waals surface area contributed by atoms with E-state index in [1.807, 2.05) is 18.2 Å². The highest BCUT2D eigenvalue weighted by molar-refractivity contribution is 5.99. The maximum atomic E-state index is 14.8. The van der Waals surface area contributed by atoms with Gasteiger partial charge in [-0.1, -0.05) is 89.1 Å². The number of hydrogen-bond donors (Lipinski definition) is 13. The predicted octanol–water partition coefficient (Wildman–Crippen LogP) is -1.59. The number of carbonyl (C=O) groups is 10. The van der Waals surface area contributed by atoms with Gasteiger partial charge in [-0.15, -0.1) is 0 Å². The van der Waals surface area contributed by atoms with Crippen LogP contribution in [0.25, 0.3) is 10.9 Å². The molecule has 10 amide bonds. The highest BCUT2D eigenvalue weighted by atomic mass is 16.2. The molecule has 1 aliphatic heterocycles. The Morgan fingerprint density at radius 3 is 1.95 bits per heavy atom. The van der Waals surface area contributed by atoms with E-state index in [0.29, 0.717) is 24.0 Å². The van der Waals surface area contributed by atoms with E-state index in [1.165, 1.54) is 0 Å². The number of benzene rings is 2. The molecule has 1 aliphatic carbocycles. The molecule has 3 aromatic rings. The summed E-state index contributed by atoms with van der Waals surface area (Å²) in [7, 11) is 0. The molecule has 76 heavy (non-hydrogen) atoms. The van der Waals surface area contributed by atoms with Crippen molar-refractivity contribution in [2.75, 3.05) is 19.6 Å². The average Bonchev–Trinajstić information content (AvgIpc) is 4.07. The fourth-order valence-corrected chi connectivity index (χ4v) is 9.21. The smallest absolute Gasteiger partial charge is 0.243 e. The van der Waals surface area contributed by atoms with Crippen molar-refractivity contribution in [1.29, 1.82) is 0 Å². The lowest BCUT2D eigenvalue weighted by atomic mass is 9.96. The monoisotopic (exact) mass is 1050 g/mol. The second kappa shape index (κ2) is 28.6. The van der Waals surface area contributed by atoms with E-state index < -0.39 is 133 Å². The van der Waals surface area contributed by atoms with Crippen LogP contribution >= 0.6 is 0 Å². The lowest BCUT2D eigenvalue weighted by Crippen LogP contribution is -2.61. The number of para-hydroxylation sites is 1. The van der Waals surface area contributed by atoms with Gasteiger partial charge in [-0.25, -0.2) is 0 Å². The summed E-state index contributed by atoms with van der Waals surface area (Å²) >= 11 is 0. The lowest BCUT2D eigenvalue weighted by molar-refractivity contribution is -0.137. The number of aromatic amines is 1. The van der Waals surface area contributed by atoms with Gasteiger partial charge >= 0.3 is 0 Å².